The van der Waals surface area contributed by atoms with Gasteiger partial charge in [0.15, 0.2) is 5.82 Å². The first-order valence-electron chi connectivity index (χ1n) is 8.84. The number of hydrogen-bond acceptors (Lipinski definition) is 4. The lowest BCUT2D eigenvalue weighted by Crippen LogP contribution is -2.05. The Morgan fingerprint density at radius 3 is 2.43 bits per heavy atom. The second kappa shape index (κ2) is 7.41. The molecule has 0 radical (unpaired) electrons. The van der Waals surface area contributed by atoms with Crippen LogP contribution in [0.3, 0.4) is 0 Å². The Morgan fingerprint density at radius 1 is 0.929 bits per heavy atom. The Hall–Kier alpha value is -3.24. The lowest BCUT2D eigenvalue weighted by atomic mass is 10.0. The molecule has 5 heteroatoms. The number of aromatic nitrogens is 2. The van der Waals surface area contributed by atoms with E-state index in [0.29, 0.717) is 22.2 Å². The van der Waals surface area contributed by atoms with E-state index in [1.54, 1.807) is 6.07 Å². The van der Waals surface area contributed by atoms with Gasteiger partial charge in [-0.15, -0.1) is 0 Å². The van der Waals surface area contributed by atoms with Gasteiger partial charge in [-0.05, 0) is 36.8 Å². The average Bonchev–Trinajstić information content (AvgIpc) is 2.67. The SMILES string of the molecule is CC(=O)Oc1cccc(C)c1-c1nc(-c2ccc(Cl)cc2)c2ccccc2n1. The Balaban J connectivity index is 2.00. The van der Waals surface area contributed by atoms with Crippen LogP contribution in [0.5, 0.6) is 5.75 Å². The van der Waals surface area contributed by atoms with Crippen LogP contribution < -0.4 is 4.74 Å². The van der Waals surface area contributed by atoms with Gasteiger partial charge in [0.1, 0.15) is 5.75 Å². The molecule has 0 atom stereocenters. The molecule has 0 saturated carbocycles. The molecule has 0 spiro atoms. The molecule has 0 aliphatic rings. The van der Waals surface area contributed by atoms with E-state index in [9.17, 15) is 4.79 Å². The summed E-state index contributed by atoms with van der Waals surface area (Å²) in [6, 6.07) is 20.9. The fraction of sp³-hybridized carbons (Fsp3) is 0.0870. The smallest absolute Gasteiger partial charge is 0.308 e. The number of carbonyl (C=O) groups is 1. The van der Waals surface area contributed by atoms with Crippen molar-refractivity contribution in [3.63, 3.8) is 0 Å². The van der Waals surface area contributed by atoms with Crippen molar-refractivity contribution in [3.8, 4) is 28.4 Å². The topological polar surface area (TPSA) is 52.1 Å². The summed E-state index contributed by atoms with van der Waals surface area (Å²) in [6.07, 6.45) is 0. The van der Waals surface area contributed by atoms with Crippen molar-refractivity contribution in [1.82, 2.24) is 9.97 Å². The molecule has 0 saturated heterocycles. The summed E-state index contributed by atoms with van der Waals surface area (Å²) < 4.78 is 5.42. The zero-order valence-electron chi connectivity index (χ0n) is 15.4. The number of halogens is 1. The molecule has 138 valence electrons. The van der Waals surface area contributed by atoms with Crippen LogP contribution in [0.2, 0.25) is 5.02 Å². The lowest BCUT2D eigenvalue weighted by molar-refractivity contribution is -0.131. The minimum atomic E-state index is -0.384. The summed E-state index contributed by atoms with van der Waals surface area (Å²) in [6.45, 7) is 3.33. The van der Waals surface area contributed by atoms with Gasteiger partial charge < -0.3 is 4.74 Å². The van der Waals surface area contributed by atoms with Crippen LogP contribution in [-0.4, -0.2) is 15.9 Å². The van der Waals surface area contributed by atoms with Crippen molar-refractivity contribution in [2.45, 2.75) is 13.8 Å². The van der Waals surface area contributed by atoms with Crippen LogP contribution in [0, 0.1) is 6.92 Å². The molecular weight excluding hydrogens is 372 g/mol. The molecule has 4 aromatic rings. The Morgan fingerprint density at radius 2 is 1.68 bits per heavy atom. The van der Waals surface area contributed by atoms with Crippen molar-refractivity contribution in [2.75, 3.05) is 0 Å². The van der Waals surface area contributed by atoms with E-state index in [2.05, 4.69) is 0 Å². The molecular formula is C23H17ClN2O2. The highest BCUT2D eigenvalue weighted by Crippen LogP contribution is 2.35. The summed E-state index contributed by atoms with van der Waals surface area (Å²) in [5.41, 5.74) is 4.19. The monoisotopic (exact) mass is 388 g/mol. The predicted molar refractivity (Wildman–Crippen MR) is 111 cm³/mol. The van der Waals surface area contributed by atoms with E-state index in [1.807, 2.05) is 67.6 Å². The van der Waals surface area contributed by atoms with Crippen LogP contribution >= 0.6 is 11.6 Å². The van der Waals surface area contributed by atoms with Gasteiger partial charge in [0, 0.05) is 22.9 Å². The van der Waals surface area contributed by atoms with E-state index < -0.39 is 0 Å². The van der Waals surface area contributed by atoms with E-state index in [1.165, 1.54) is 6.92 Å². The van der Waals surface area contributed by atoms with Crippen LogP contribution in [0.25, 0.3) is 33.5 Å². The molecule has 0 unspecified atom stereocenters. The first kappa shape index (κ1) is 18.1. The molecule has 28 heavy (non-hydrogen) atoms. The zero-order chi connectivity index (χ0) is 19.7. The first-order chi connectivity index (χ1) is 13.5. The van der Waals surface area contributed by atoms with Crippen molar-refractivity contribution in [2.24, 2.45) is 0 Å². The Bertz CT molecular complexity index is 1190. The maximum absolute atomic E-state index is 11.6. The number of fused-ring (bicyclic) bond motifs is 1. The van der Waals surface area contributed by atoms with Crippen LogP contribution in [0.4, 0.5) is 0 Å². The van der Waals surface area contributed by atoms with E-state index in [0.717, 1.165) is 27.7 Å². The van der Waals surface area contributed by atoms with Crippen LogP contribution in [-0.2, 0) is 4.79 Å². The highest BCUT2D eigenvalue weighted by Gasteiger charge is 2.17. The standard InChI is InChI=1S/C23H17ClN2O2/c1-14-6-5-9-20(28-15(2)27)21(14)23-25-19-8-4-3-7-18(19)22(26-23)16-10-12-17(24)13-11-16/h3-13H,1-2H3. The van der Waals surface area contributed by atoms with Gasteiger partial charge in [0.25, 0.3) is 0 Å². The number of esters is 1. The molecule has 0 amide bonds. The van der Waals surface area contributed by atoms with E-state index in [4.69, 9.17) is 26.3 Å². The quantitative estimate of drug-likeness (QED) is 0.326. The minimum absolute atomic E-state index is 0.384. The van der Waals surface area contributed by atoms with Gasteiger partial charge >= 0.3 is 5.97 Å². The second-order valence-electron chi connectivity index (χ2n) is 6.46. The van der Waals surface area contributed by atoms with Crippen molar-refractivity contribution in [1.29, 1.82) is 0 Å². The number of para-hydroxylation sites is 1. The highest BCUT2D eigenvalue weighted by atomic mass is 35.5. The van der Waals surface area contributed by atoms with Gasteiger partial charge in [0.05, 0.1) is 16.8 Å². The number of ether oxygens (including phenoxy) is 1. The van der Waals surface area contributed by atoms with Crippen molar-refractivity contribution >= 4 is 28.5 Å². The number of benzene rings is 3. The van der Waals surface area contributed by atoms with E-state index >= 15 is 0 Å². The zero-order valence-corrected chi connectivity index (χ0v) is 16.2. The van der Waals surface area contributed by atoms with Gasteiger partial charge in [0.2, 0.25) is 0 Å². The van der Waals surface area contributed by atoms with Gasteiger partial charge in [-0.25, -0.2) is 9.97 Å². The predicted octanol–water partition coefficient (Wildman–Crippen LogP) is 5.85. The number of carbonyl (C=O) groups excluding carboxylic acids is 1. The number of nitrogens with zero attached hydrogens (tertiary/aromatic N) is 2. The number of rotatable bonds is 3. The van der Waals surface area contributed by atoms with Gasteiger partial charge in [-0.2, -0.15) is 0 Å². The molecule has 0 aliphatic heterocycles. The number of aryl methyl sites for hydroxylation is 1. The maximum atomic E-state index is 11.6. The number of hydrogen-bond donors (Lipinski definition) is 0. The average molecular weight is 389 g/mol. The summed E-state index contributed by atoms with van der Waals surface area (Å²) in [5, 5.41) is 1.61. The Kier molecular flexibility index (Phi) is 4.80. The van der Waals surface area contributed by atoms with Crippen LogP contribution in [0.15, 0.2) is 66.7 Å². The molecule has 0 aliphatic carbocycles. The summed E-state index contributed by atoms with van der Waals surface area (Å²) >= 11 is 6.05. The molecule has 1 aromatic heterocycles. The summed E-state index contributed by atoms with van der Waals surface area (Å²) in [7, 11) is 0. The molecule has 0 bridgehead atoms. The molecule has 0 N–H and O–H groups in total. The summed E-state index contributed by atoms with van der Waals surface area (Å²) in [5.74, 6) is 0.577. The van der Waals surface area contributed by atoms with Gasteiger partial charge in [-0.3, -0.25) is 4.79 Å². The Labute approximate surface area is 167 Å². The highest BCUT2D eigenvalue weighted by molar-refractivity contribution is 6.30. The summed E-state index contributed by atoms with van der Waals surface area (Å²) in [4.78, 5) is 21.2. The lowest BCUT2D eigenvalue weighted by Gasteiger charge is -2.13. The third-order valence-electron chi connectivity index (χ3n) is 4.43. The van der Waals surface area contributed by atoms with Crippen molar-refractivity contribution < 1.29 is 9.53 Å². The largest absolute Gasteiger partial charge is 0.426 e. The minimum Gasteiger partial charge on any atom is -0.426 e. The maximum Gasteiger partial charge on any atom is 0.308 e. The fourth-order valence-electron chi connectivity index (χ4n) is 3.18. The van der Waals surface area contributed by atoms with Crippen molar-refractivity contribution in [3.05, 3.63) is 77.3 Å². The van der Waals surface area contributed by atoms with E-state index in [-0.39, 0.29) is 5.97 Å². The fourth-order valence-corrected chi connectivity index (χ4v) is 3.31. The molecule has 1 heterocycles. The third-order valence-corrected chi connectivity index (χ3v) is 4.68. The third kappa shape index (κ3) is 3.47. The van der Waals surface area contributed by atoms with Gasteiger partial charge in [-0.1, -0.05) is 54.1 Å². The molecule has 4 nitrogen and oxygen atoms in total. The second-order valence-corrected chi connectivity index (χ2v) is 6.90. The first-order valence-corrected chi connectivity index (χ1v) is 9.22. The van der Waals surface area contributed by atoms with Crippen LogP contribution in [0.1, 0.15) is 12.5 Å². The molecule has 4 rings (SSSR count). The molecule has 0 fully saturated rings. The normalized spacial score (nSPS) is 10.8. The molecule has 3 aromatic carbocycles.